The molecule has 2 aliphatic heterocycles. The van der Waals surface area contributed by atoms with Gasteiger partial charge in [-0.05, 0) is 65.8 Å². The van der Waals surface area contributed by atoms with Crippen LogP contribution in [0, 0.1) is 24.1 Å². The lowest BCUT2D eigenvalue weighted by Crippen LogP contribution is -2.25. The van der Waals surface area contributed by atoms with Crippen LogP contribution in [0.25, 0.3) is 11.1 Å². The van der Waals surface area contributed by atoms with Crippen molar-refractivity contribution in [1.82, 2.24) is 4.90 Å². The van der Waals surface area contributed by atoms with Gasteiger partial charge in [-0.2, -0.15) is 5.26 Å². The van der Waals surface area contributed by atoms with E-state index in [9.17, 15) is 9.18 Å². The van der Waals surface area contributed by atoms with Gasteiger partial charge in [0, 0.05) is 32.1 Å². The quantitative estimate of drug-likeness (QED) is 0.735. The first-order valence-corrected chi connectivity index (χ1v) is 10.2. The standard InChI is InChI=1S/C24H23FN4O/c1-16-11-17(7-8-22(16)25)18-5-6-19-14-29(15-20(19)12-18)24(30)4-2-3-21-9-10-27-23(13-26)28-21/h5-8,10-12,21H,2-4,9,14-15H2,1H3. The van der Waals surface area contributed by atoms with Gasteiger partial charge < -0.3 is 4.90 Å². The first-order valence-electron chi connectivity index (χ1n) is 10.2. The maximum atomic E-state index is 13.6. The summed E-state index contributed by atoms with van der Waals surface area (Å²) in [4.78, 5) is 22.8. The van der Waals surface area contributed by atoms with Gasteiger partial charge in [0.05, 0.1) is 6.04 Å². The zero-order valence-electron chi connectivity index (χ0n) is 16.9. The molecule has 6 heteroatoms. The molecule has 0 fully saturated rings. The lowest BCUT2D eigenvalue weighted by Gasteiger charge is -2.17. The fourth-order valence-electron chi connectivity index (χ4n) is 3.98. The first-order chi connectivity index (χ1) is 14.5. The minimum absolute atomic E-state index is 0.0439. The zero-order chi connectivity index (χ0) is 21.1. The third-order valence-electron chi connectivity index (χ3n) is 5.70. The van der Waals surface area contributed by atoms with E-state index in [1.165, 1.54) is 6.07 Å². The Hall–Kier alpha value is -3.33. The maximum Gasteiger partial charge on any atom is 0.227 e. The van der Waals surface area contributed by atoms with Crippen LogP contribution in [0.4, 0.5) is 4.39 Å². The molecule has 1 amide bonds. The van der Waals surface area contributed by atoms with Crippen molar-refractivity contribution >= 4 is 18.0 Å². The van der Waals surface area contributed by atoms with Crippen LogP contribution in [-0.2, 0) is 17.9 Å². The molecule has 2 aromatic rings. The molecule has 0 aromatic heterocycles. The summed E-state index contributed by atoms with van der Waals surface area (Å²) in [6.07, 6.45) is 4.45. The minimum atomic E-state index is -0.202. The van der Waals surface area contributed by atoms with Crippen LogP contribution in [-0.4, -0.2) is 28.9 Å². The Morgan fingerprint density at radius 3 is 2.77 bits per heavy atom. The van der Waals surface area contributed by atoms with Gasteiger partial charge in [-0.1, -0.05) is 18.2 Å². The Morgan fingerprint density at radius 2 is 1.97 bits per heavy atom. The zero-order valence-corrected chi connectivity index (χ0v) is 16.9. The summed E-state index contributed by atoms with van der Waals surface area (Å²) < 4.78 is 13.6. The van der Waals surface area contributed by atoms with Crippen LogP contribution < -0.4 is 0 Å². The minimum Gasteiger partial charge on any atom is -0.334 e. The number of carbonyl (C=O) groups excluding carboxylic acids is 1. The second kappa shape index (κ2) is 8.58. The van der Waals surface area contributed by atoms with Gasteiger partial charge in [-0.15, -0.1) is 0 Å². The molecule has 0 bridgehead atoms. The number of aryl methyl sites for hydroxylation is 1. The second-order valence-corrected chi connectivity index (χ2v) is 7.86. The van der Waals surface area contributed by atoms with Crippen molar-refractivity contribution in [1.29, 1.82) is 5.26 Å². The summed E-state index contributed by atoms with van der Waals surface area (Å²) in [6, 6.07) is 13.4. The molecule has 0 radical (unpaired) electrons. The van der Waals surface area contributed by atoms with Crippen LogP contribution in [0.1, 0.15) is 42.4 Å². The van der Waals surface area contributed by atoms with Gasteiger partial charge in [0.1, 0.15) is 11.9 Å². The van der Waals surface area contributed by atoms with Gasteiger partial charge in [0.2, 0.25) is 11.7 Å². The monoisotopic (exact) mass is 402 g/mol. The van der Waals surface area contributed by atoms with E-state index in [2.05, 4.69) is 22.1 Å². The van der Waals surface area contributed by atoms with Crippen molar-refractivity contribution in [3.8, 4) is 17.2 Å². The molecule has 0 saturated heterocycles. The number of carbonyl (C=O) groups is 1. The summed E-state index contributed by atoms with van der Waals surface area (Å²) in [5.74, 6) is 0.158. The normalized spacial score (nSPS) is 17.4. The molecule has 4 rings (SSSR count). The van der Waals surface area contributed by atoms with E-state index < -0.39 is 0 Å². The van der Waals surface area contributed by atoms with E-state index >= 15 is 0 Å². The van der Waals surface area contributed by atoms with Crippen LogP contribution in [0.5, 0.6) is 0 Å². The predicted molar refractivity (Wildman–Crippen MR) is 115 cm³/mol. The highest BCUT2D eigenvalue weighted by Crippen LogP contribution is 2.30. The van der Waals surface area contributed by atoms with Gasteiger partial charge in [0.25, 0.3) is 0 Å². The number of rotatable bonds is 5. The first kappa shape index (κ1) is 20.0. The Kier molecular flexibility index (Phi) is 5.71. The number of nitriles is 1. The number of benzene rings is 2. The van der Waals surface area contributed by atoms with E-state index in [1.54, 1.807) is 19.2 Å². The molecule has 0 saturated carbocycles. The predicted octanol–water partition coefficient (Wildman–Crippen LogP) is 4.58. The topological polar surface area (TPSA) is 68.8 Å². The van der Waals surface area contributed by atoms with Crippen molar-refractivity contribution in [3.05, 3.63) is 58.9 Å². The van der Waals surface area contributed by atoms with E-state index in [1.807, 2.05) is 23.1 Å². The SMILES string of the molecule is Cc1cc(-c2ccc3c(c2)CN(C(=O)CCCC2CC=NC(C#N)=N2)C3)ccc1F. The molecular weight excluding hydrogens is 379 g/mol. The van der Waals surface area contributed by atoms with Gasteiger partial charge in [0.15, 0.2) is 0 Å². The smallest absolute Gasteiger partial charge is 0.227 e. The van der Waals surface area contributed by atoms with E-state index in [4.69, 9.17) is 5.26 Å². The number of fused-ring (bicyclic) bond motifs is 1. The molecule has 2 aliphatic rings. The molecule has 2 aromatic carbocycles. The molecule has 1 atom stereocenters. The van der Waals surface area contributed by atoms with Crippen molar-refractivity contribution in [2.75, 3.05) is 0 Å². The van der Waals surface area contributed by atoms with Crippen LogP contribution in [0.2, 0.25) is 0 Å². The highest BCUT2D eigenvalue weighted by Gasteiger charge is 2.24. The number of hydrogen-bond donors (Lipinski definition) is 0. The Morgan fingerprint density at radius 1 is 1.20 bits per heavy atom. The maximum absolute atomic E-state index is 13.6. The average molecular weight is 402 g/mol. The average Bonchev–Trinajstić information content (AvgIpc) is 3.19. The summed E-state index contributed by atoms with van der Waals surface area (Å²) in [7, 11) is 0. The largest absolute Gasteiger partial charge is 0.334 e. The molecule has 1 unspecified atom stereocenters. The third kappa shape index (κ3) is 4.30. The fourth-order valence-corrected chi connectivity index (χ4v) is 3.98. The lowest BCUT2D eigenvalue weighted by atomic mass is 9.99. The van der Waals surface area contributed by atoms with Gasteiger partial charge in [-0.25, -0.2) is 9.38 Å². The Labute approximate surface area is 175 Å². The fraction of sp³-hybridized carbons (Fsp3) is 0.333. The summed E-state index contributed by atoms with van der Waals surface area (Å²) in [5, 5.41) is 8.90. The summed E-state index contributed by atoms with van der Waals surface area (Å²) >= 11 is 0. The molecule has 0 aliphatic carbocycles. The van der Waals surface area contributed by atoms with Crippen molar-refractivity contribution < 1.29 is 9.18 Å². The summed E-state index contributed by atoms with van der Waals surface area (Å²) in [6.45, 7) is 3.00. The molecule has 30 heavy (non-hydrogen) atoms. The lowest BCUT2D eigenvalue weighted by molar-refractivity contribution is -0.131. The molecule has 152 valence electrons. The molecular formula is C24H23FN4O. The van der Waals surface area contributed by atoms with Crippen LogP contribution >= 0.6 is 0 Å². The van der Waals surface area contributed by atoms with Crippen LogP contribution in [0.3, 0.4) is 0 Å². The molecule has 2 heterocycles. The number of hydrogen-bond acceptors (Lipinski definition) is 4. The third-order valence-corrected chi connectivity index (χ3v) is 5.70. The van der Waals surface area contributed by atoms with E-state index in [0.29, 0.717) is 25.1 Å². The van der Waals surface area contributed by atoms with Crippen molar-refractivity contribution in [3.63, 3.8) is 0 Å². The number of amidine groups is 1. The second-order valence-electron chi connectivity index (χ2n) is 7.86. The molecule has 0 spiro atoms. The van der Waals surface area contributed by atoms with Gasteiger partial charge in [-0.3, -0.25) is 9.79 Å². The Balaban J connectivity index is 1.34. The molecule has 0 N–H and O–H groups in total. The van der Waals surface area contributed by atoms with Gasteiger partial charge >= 0.3 is 0 Å². The number of halogens is 1. The van der Waals surface area contributed by atoms with E-state index in [0.717, 1.165) is 41.5 Å². The number of amides is 1. The summed E-state index contributed by atoms with van der Waals surface area (Å²) in [5.41, 5.74) is 4.96. The number of aliphatic imine (C=N–C) groups is 2. The van der Waals surface area contributed by atoms with E-state index in [-0.39, 0.29) is 23.6 Å². The number of nitrogens with zero attached hydrogens (tertiary/aromatic N) is 4. The van der Waals surface area contributed by atoms with Crippen molar-refractivity contribution in [2.24, 2.45) is 9.98 Å². The highest BCUT2D eigenvalue weighted by molar-refractivity contribution is 6.02. The highest BCUT2D eigenvalue weighted by atomic mass is 19.1. The Bertz CT molecular complexity index is 1080. The van der Waals surface area contributed by atoms with Crippen LogP contribution in [0.15, 0.2) is 46.4 Å². The molecule has 5 nitrogen and oxygen atoms in total. The van der Waals surface area contributed by atoms with Crippen molar-refractivity contribution in [2.45, 2.75) is 51.7 Å².